The highest BCUT2D eigenvalue weighted by molar-refractivity contribution is 7.26. The number of hydrogen-bond acceptors (Lipinski definition) is 1. The highest BCUT2D eigenvalue weighted by Gasteiger charge is 2.14. The van der Waals surface area contributed by atoms with Crippen LogP contribution in [-0.2, 0) is 0 Å². The van der Waals surface area contributed by atoms with Gasteiger partial charge in [0.2, 0.25) is 0 Å². The van der Waals surface area contributed by atoms with Gasteiger partial charge in [-0.15, -0.1) is 11.3 Å². The van der Waals surface area contributed by atoms with Gasteiger partial charge in [-0.1, -0.05) is 30.3 Å². The minimum absolute atomic E-state index is 1.32. The number of aryl methyl sites for hydroxylation is 2. The maximum absolute atomic E-state index is 2.34. The van der Waals surface area contributed by atoms with E-state index in [0.29, 0.717) is 0 Å². The van der Waals surface area contributed by atoms with Crippen molar-refractivity contribution in [2.24, 2.45) is 0 Å². The fraction of sp³-hybridized carbons (Fsp3) is 0.158. The third kappa shape index (κ3) is 1.76. The van der Waals surface area contributed by atoms with Crippen LogP contribution in [0.4, 0.5) is 0 Å². The Morgan fingerprint density at radius 1 is 0.810 bits per heavy atom. The first-order chi connectivity index (χ1) is 10.2. The lowest BCUT2D eigenvalue weighted by Gasteiger charge is -2.12. The van der Waals surface area contributed by atoms with E-state index in [0.717, 1.165) is 0 Å². The van der Waals surface area contributed by atoms with Crippen molar-refractivity contribution < 1.29 is 0 Å². The Bertz CT molecular complexity index is 972. The minimum atomic E-state index is 1.32. The number of thiophene rings is 1. The molecule has 4 aromatic rings. The molecule has 1 nitrogen and oxygen atoms in total. The third-order valence-corrected chi connectivity index (χ3v) is 5.56. The molecule has 0 aliphatic rings. The molecule has 21 heavy (non-hydrogen) atoms. The molecule has 0 fully saturated rings. The lowest BCUT2D eigenvalue weighted by molar-refractivity contribution is 1.01. The van der Waals surface area contributed by atoms with E-state index >= 15 is 0 Å². The summed E-state index contributed by atoms with van der Waals surface area (Å²) in [5.74, 6) is 0. The summed E-state index contributed by atoms with van der Waals surface area (Å²) in [5, 5.41) is 2.72. The first kappa shape index (κ1) is 12.7. The Balaban J connectivity index is 2.17. The maximum Gasteiger partial charge on any atom is 0.0660 e. The van der Waals surface area contributed by atoms with Crippen molar-refractivity contribution in [1.82, 2.24) is 4.57 Å². The van der Waals surface area contributed by atoms with Crippen molar-refractivity contribution in [2.45, 2.75) is 20.8 Å². The number of hydrogen-bond donors (Lipinski definition) is 0. The van der Waals surface area contributed by atoms with Gasteiger partial charge >= 0.3 is 0 Å². The summed E-state index contributed by atoms with van der Waals surface area (Å²) in [6, 6.07) is 15.4. The zero-order valence-corrected chi connectivity index (χ0v) is 13.3. The molecule has 0 saturated heterocycles. The van der Waals surface area contributed by atoms with Crippen molar-refractivity contribution in [3.63, 3.8) is 0 Å². The zero-order chi connectivity index (χ0) is 14.6. The molecule has 0 unspecified atom stereocenters. The minimum Gasteiger partial charge on any atom is -0.319 e. The molecule has 2 heterocycles. The summed E-state index contributed by atoms with van der Waals surface area (Å²) in [5.41, 5.74) is 5.32. The van der Waals surface area contributed by atoms with Gasteiger partial charge in [-0.3, -0.25) is 0 Å². The van der Waals surface area contributed by atoms with Gasteiger partial charge in [0, 0.05) is 27.4 Å². The monoisotopic (exact) mass is 291 g/mol. The van der Waals surface area contributed by atoms with Gasteiger partial charge in [-0.25, -0.2) is 0 Å². The highest BCUT2D eigenvalue weighted by Crippen LogP contribution is 2.39. The van der Waals surface area contributed by atoms with E-state index in [1.807, 2.05) is 11.3 Å². The van der Waals surface area contributed by atoms with E-state index in [1.54, 1.807) is 0 Å². The second-order valence-electron chi connectivity index (χ2n) is 5.66. The quantitative estimate of drug-likeness (QED) is 0.419. The summed E-state index contributed by atoms with van der Waals surface area (Å²) in [7, 11) is 0. The average molecular weight is 291 g/mol. The second kappa shape index (κ2) is 4.47. The predicted molar refractivity (Wildman–Crippen MR) is 92.9 cm³/mol. The molecule has 2 aromatic heterocycles. The lowest BCUT2D eigenvalue weighted by atomic mass is 10.1. The van der Waals surface area contributed by atoms with Crippen LogP contribution >= 0.6 is 11.3 Å². The molecule has 0 aliphatic heterocycles. The van der Waals surface area contributed by atoms with Gasteiger partial charge in [0.15, 0.2) is 0 Å². The van der Waals surface area contributed by atoms with Crippen LogP contribution in [0.5, 0.6) is 0 Å². The predicted octanol–water partition coefficient (Wildman–Crippen LogP) is 5.77. The summed E-state index contributed by atoms with van der Waals surface area (Å²) in [6.07, 6.45) is 2.19. The van der Waals surface area contributed by atoms with Crippen LogP contribution in [-0.4, -0.2) is 4.57 Å². The molecule has 0 atom stereocenters. The van der Waals surface area contributed by atoms with Gasteiger partial charge in [-0.2, -0.15) is 0 Å². The molecular weight excluding hydrogens is 274 g/mol. The Morgan fingerprint density at radius 2 is 1.62 bits per heavy atom. The van der Waals surface area contributed by atoms with Gasteiger partial charge in [-0.05, 0) is 44.0 Å². The smallest absolute Gasteiger partial charge is 0.0660 e. The molecule has 2 aromatic carbocycles. The first-order valence-electron chi connectivity index (χ1n) is 7.22. The van der Waals surface area contributed by atoms with Gasteiger partial charge in [0.1, 0.15) is 0 Å². The van der Waals surface area contributed by atoms with Crippen LogP contribution in [0.2, 0.25) is 0 Å². The van der Waals surface area contributed by atoms with E-state index in [9.17, 15) is 0 Å². The molecule has 4 rings (SSSR count). The van der Waals surface area contributed by atoms with Crippen molar-refractivity contribution in [2.75, 3.05) is 0 Å². The molecule has 0 aliphatic carbocycles. The largest absolute Gasteiger partial charge is 0.319 e. The molecule has 104 valence electrons. The Morgan fingerprint density at radius 3 is 2.38 bits per heavy atom. The van der Waals surface area contributed by atoms with Crippen molar-refractivity contribution in [3.05, 3.63) is 65.5 Å². The maximum atomic E-state index is 2.34. The SMILES string of the molecule is Cc1ccc2c(sc3ccccc32)c1-n1ccc(C)c1C. The van der Waals surface area contributed by atoms with Crippen LogP contribution in [0.3, 0.4) is 0 Å². The molecule has 2 heteroatoms. The van der Waals surface area contributed by atoms with Crippen LogP contribution in [0, 0.1) is 20.8 Å². The summed E-state index contributed by atoms with van der Waals surface area (Å²) < 4.78 is 5.08. The van der Waals surface area contributed by atoms with E-state index < -0.39 is 0 Å². The number of fused-ring (bicyclic) bond motifs is 3. The Hall–Kier alpha value is -2.06. The fourth-order valence-corrected chi connectivity index (χ4v) is 4.32. The van der Waals surface area contributed by atoms with Crippen molar-refractivity contribution in [3.8, 4) is 5.69 Å². The molecule has 0 spiro atoms. The van der Waals surface area contributed by atoms with Crippen LogP contribution < -0.4 is 0 Å². The fourth-order valence-electron chi connectivity index (χ4n) is 3.02. The summed E-state index contributed by atoms with van der Waals surface area (Å²) in [6.45, 7) is 6.57. The standard InChI is InChI=1S/C19H17NS/c1-12-10-11-20(14(12)3)18-13(2)8-9-16-15-6-4-5-7-17(15)21-19(16)18/h4-11H,1-3H3. The molecular formula is C19H17NS. The average Bonchev–Trinajstić information content (AvgIpc) is 3.01. The lowest BCUT2D eigenvalue weighted by Crippen LogP contribution is -1.98. The highest BCUT2D eigenvalue weighted by atomic mass is 32.1. The van der Waals surface area contributed by atoms with Crippen molar-refractivity contribution in [1.29, 1.82) is 0 Å². The molecule has 0 bridgehead atoms. The van der Waals surface area contributed by atoms with Gasteiger partial charge < -0.3 is 4.57 Å². The van der Waals surface area contributed by atoms with E-state index in [2.05, 4.69) is 74.0 Å². The number of nitrogens with zero attached hydrogens (tertiary/aromatic N) is 1. The van der Waals surface area contributed by atoms with Gasteiger partial charge in [0.05, 0.1) is 10.4 Å². The molecule has 0 radical (unpaired) electrons. The topological polar surface area (TPSA) is 4.93 Å². The van der Waals surface area contributed by atoms with E-state index in [4.69, 9.17) is 0 Å². The normalized spacial score (nSPS) is 11.6. The zero-order valence-electron chi connectivity index (χ0n) is 12.5. The summed E-state index contributed by atoms with van der Waals surface area (Å²) in [4.78, 5) is 0. The van der Waals surface area contributed by atoms with Crippen LogP contribution in [0.25, 0.3) is 25.9 Å². The van der Waals surface area contributed by atoms with Gasteiger partial charge in [0.25, 0.3) is 0 Å². The molecule has 0 N–H and O–H groups in total. The first-order valence-corrected chi connectivity index (χ1v) is 8.04. The van der Waals surface area contributed by atoms with Crippen LogP contribution in [0.1, 0.15) is 16.8 Å². The Labute approximate surface area is 128 Å². The van der Waals surface area contributed by atoms with Crippen molar-refractivity contribution >= 4 is 31.5 Å². The second-order valence-corrected chi connectivity index (χ2v) is 6.71. The van der Waals surface area contributed by atoms with Crippen LogP contribution in [0.15, 0.2) is 48.7 Å². The Kier molecular flexibility index (Phi) is 2.69. The number of aromatic nitrogens is 1. The molecule has 0 amide bonds. The molecule has 0 saturated carbocycles. The van der Waals surface area contributed by atoms with E-state index in [-0.39, 0.29) is 0 Å². The van der Waals surface area contributed by atoms with E-state index in [1.165, 1.54) is 42.7 Å². The number of benzene rings is 2. The summed E-state index contributed by atoms with van der Waals surface area (Å²) >= 11 is 1.89. The number of rotatable bonds is 1. The third-order valence-electron chi connectivity index (χ3n) is 4.37.